The molecule has 3 heteroatoms. The molecule has 0 heterocycles. The summed E-state index contributed by atoms with van der Waals surface area (Å²) in [5, 5.41) is 18.0. The van der Waals surface area contributed by atoms with Crippen molar-refractivity contribution in [3.8, 4) is 0 Å². The zero-order valence-corrected chi connectivity index (χ0v) is 7.90. The Morgan fingerprint density at radius 2 is 1.73 bits per heavy atom. The van der Waals surface area contributed by atoms with Crippen molar-refractivity contribution in [2.75, 3.05) is 0 Å². The molecule has 2 N–H and O–H groups in total. The molecule has 0 bridgehead atoms. The van der Waals surface area contributed by atoms with E-state index in [0.29, 0.717) is 5.56 Å². The van der Waals surface area contributed by atoms with E-state index < -0.39 is 5.97 Å². The first-order valence-corrected chi connectivity index (χ1v) is 4.50. The third-order valence-electron chi connectivity index (χ3n) is 2.27. The van der Waals surface area contributed by atoms with Crippen LogP contribution in [0.2, 0.25) is 0 Å². The summed E-state index contributed by atoms with van der Waals surface area (Å²) in [5.41, 5.74) is 0.0902. The predicted molar refractivity (Wildman–Crippen MR) is 58.4 cm³/mol. The fraction of sp³-hybridized carbons (Fsp3) is 0. The molecule has 0 amide bonds. The first-order chi connectivity index (χ1) is 7.20. The molecule has 0 aliphatic rings. The number of carboxylic acid groups (broad SMARTS) is 1. The van der Waals surface area contributed by atoms with Gasteiger partial charge in [0.1, 0.15) is 5.71 Å². The van der Waals surface area contributed by atoms with Crippen LogP contribution in [-0.2, 0) is 4.79 Å². The van der Waals surface area contributed by atoms with Gasteiger partial charge in [-0.3, -0.25) is 5.41 Å². The predicted octanol–water partition coefficient (Wildman–Crippen LogP) is 2.29. The minimum Gasteiger partial charge on any atom is -0.477 e. The van der Waals surface area contributed by atoms with Crippen LogP contribution in [0.3, 0.4) is 0 Å². The lowest BCUT2D eigenvalue weighted by molar-refractivity contribution is -0.129. The SMILES string of the molecule is N=C(C(=O)O)c1cccc2ccccc12. The van der Waals surface area contributed by atoms with Gasteiger partial charge in [-0.2, -0.15) is 0 Å². The Bertz CT molecular complexity index is 541. The third-order valence-corrected chi connectivity index (χ3v) is 2.27. The van der Waals surface area contributed by atoms with Gasteiger partial charge in [0.15, 0.2) is 0 Å². The molecule has 0 aliphatic carbocycles. The number of carbonyl (C=O) groups is 1. The van der Waals surface area contributed by atoms with Crippen LogP contribution in [0, 0.1) is 5.41 Å². The molecule has 74 valence electrons. The molecule has 0 radical (unpaired) electrons. The van der Waals surface area contributed by atoms with Gasteiger partial charge in [-0.1, -0.05) is 42.5 Å². The second kappa shape index (κ2) is 3.53. The highest BCUT2D eigenvalue weighted by molar-refractivity contribution is 6.43. The van der Waals surface area contributed by atoms with E-state index in [9.17, 15) is 4.79 Å². The van der Waals surface area contributed by atoms with Crippen LogP contribution in [0.15, 0.2) is 42.5 Å². The van der Waals surface area contributed by atoms with Gasteiger partial charge >= 0.3 is 5.97 Å². The molecule has 0 fully saturated rings. The van der Waals surface area contributed by atoms with Crippen molar-refractivity contribution in [3.63, 3.8) is 0 Å². The van der Waals surface area contributed by atoms with Crippen molar-refractivity contribution in [2.24, 2.45) is 0 Å². The summed E-state index contributed by atoms with van der Waals surface area (Å²) in [5.74, 6) is -1.20. The summed E-state index contributed by atoms with van der Waals surface area (Å²) in [6.45, 7) is 0. The van der Waals surface area contributed by atoms with E-state index in [2.05, 4.69) is 0 Å². The molecule has 0 spiro atoms. The number of fused-ring (bicyclic) bond motifs is 1. The fourth-order valence-corrected chi connectivity index (χ4v) is 1.56. The molecule has 0 atom stereocenters. The first-order valence-electron chi connectivity index (χ1n) is 4.50. The highest BCUT2D eigenvalue weighted by Gasteiger charge is 2.12. The summed E-state index contributed by atoms with van der Waals surface area (Å²) >= 11 is 0. The van der Waals surface area contributed by atoms with Gasteiger partial charge in [0.2, 0.25) is 0 Å². The molecule has 0 aliphatic heterocycles. The van der Waals surface area contributed by atoms with Gasteiger partial charge in [-0.05, 0) is 10.8 Å². The normalized spacial score (nSPS) is 10.1. The van der Waals surface area contributed by atoms with E-state index in [-0.39, 0.29) is 5.71 Å². The molecule has 15 heavy (non-hydrogen) atoms. The standard InChI is InChI=1S/C12H9NO2/c13-11(12(14)15)10-7-3-5-8-4-1-2-6-9(8)10/h1-7,13H,(H,14,15). The second-order valence-electron chi connectivity index (χ2n) is 3.21. The van der Waals surface area contributed by atoms with Crippen molar-refractivity contribution < 1.29 is 9.90 Å². The summed E-state index contributed by atoms with van der Waals surface area (Å²) in [6.07, 6.45) is 0. The minimum absolute atomic E-state index is 0.369. The summed E-state index contributed by atoms with van der Waals surface area (Å²) in [7, 11) is 0. The van der Waals surface area contributed by atoms with Crippen LogP contribution in [0.25, 0.3) is 10.8 Å². The van der Waals surface area contributed by atoms with Crippen molar-refractivity contribution in [1.29, 1.82) is 5.41 Å². The van der Waals surface area contributed by atoms with E-state index in [1.807, 2.05) is 30.3 Å². The van der Waals surface area contributed by atoms with E-state index in [1.54, 1.807) is 12.1 Å². The molecule has 2 aromatic carbocycles. The molecule has 0 saturated carbocycles. The number of hydrogen-bond acceptors (Lipinski definition) is 2. The Labute approximate surface area is 86.5 Å². The molecule has 2 rings (SSSR count). The van der Waals surface area contributed by atoms with Crippen LogP contribution in [-0.4, -0.2) is 16.8 Å². The van der Waals surface area contributed by atoms with Gasteiger partial charge in [-0.25, -0.2) is 4.79 Å². The first kappa shape index (κ1) is 9.40. The van der Waals surface area contributed by atoms with Crippen LogP contribution in [0.5, 0.6) is 0 Å². The Hall–Kier alpha value is -2.16. The van der Waals surface area contributed by atoms with Crippen LogP contribution >= 0.6 is 0 Å². The number of hydrogen-bond donors (Lipinski definition) is 2. The average molecular weight is 199 g/mol. The topological polar surface area (TPSA) is 61.2 Å². The van der Waals surface area contributed by atoms with E-state index in [0.717, 1.165) is 10.8 Å². The van der Waals surface area contributed by atoms with Crippen molar-refractivity contribution >= 4 is 22.5 Å². The Kier molecular flexibility index (Phi) is 2.21. The lowest BCUT2D eigenvalue weighted by Crippen LogP contribution is -2.12. The zero-order valence-electron chi connectivity index (χ0n) is 7.90. The van der Waals surface area contributed by atoms with Crippen LogP contribution < -0.4 is 0 Å². The van der Waals surface area contributed by atoms with E-state index in [4.69, 9.17) is 10.5 Å². The molecule has 2 aromatic rings. The third kappa shape index (κ3) is 1.59. The monoisotopic (exact) mass is 199 g/mol. The summed E-state index contributed by atoms with van der Waals surface area (Å²) in [6, 6.07) is 12.7. The Morgan fingerprint density at radius 3 is 2.47 bits per heavy atom. The largest absolute Gasteiger partial charge is 0.477 e. The second-order valence-corrected chi connectivity index (χ2v) is 3.21. The average Bonchev–Trinajstić information content (AvgIpc) is 2.27. The lowest BCUT2D eigenvalue weighted by atomic mass is 10.0. The molecule has 0 aromatic heterocycles. The maximum atomic E-state index is 10.7. The molecular weight excluding hydrogens is 190 g/mol. The molecule has 0 unspecified atom stereocenters. The van der Waals surface area contributed by atoms with Gasteiger partial charge in [0, 0.05) is 5.56 Å². The number of nitrogens with one attached hydrogen (secondary N) is 1. The lowest BCUT2D eigenvalue weighted by Gasteiger charge is -2.04. The Morgan fingerprint density at radius 1 is 1.07 bits per heavy atom. The van der Waals surface area contributed by atoms with Crippen LogP contribution in [0.1, 0.15) is 5.56 Å². The number of aliphatic carboxylic acids is 1. The van der Waals surface area contributed by atoms with Crippen molar-refractivity contribution in [3.05, 3.63) is 48.0 Å². The van der Waals surface area contributed by atoms with Crippen molar-refractivity contribution in [1.82, 2.24) is 0 Å². The summed E-state index contributed by atoms with van der Waals surface area (Å²) < 4.78 is 0. The number of rotatable bonds is 2. The minimum atomic E-state index is -1.20. The maximum Gasteiger partial charge on any atom is 0.354 e. The van der Waals surface area contributed by atoms with Gasteiger partial charge in [0.05, 0.1) is 0 Å². The molecule has 0 saturated heterocycles. The highest BCUT2D eigenvalue weighted by atomic mass is 16.4. The fourth-order valence-electron chi connectivity index (χ4n) is 1.56. The van der Waals surface area contributed by atoms with Crippen molar-refractivity contribution in [2.45, 2.75) is 0 Å². The smallest absolute Gasteiger partial charge is 0.354 e. The summed E-state index contributed by atoms with van der Waals surface area (Å²) in [4.78, 5) is 10.7. The number of carboxylic acids is 1. The van der Waals surface area contributed by atoms with E-state index in [1.165, 1.54) is 0 Å². The van der Waals surface area contributed by atoms with E-state index >= 15 is 0 Å². The molecule has 3 nitrogen and oxygen atoms in total. The zero-order chi connectivity index (χ0) is 10.8. The maximum absolute atomic E-state index is 10.7. The van der Waals surface area contributed by atoms with Gasteiger partial charge in [0.25, 0.3) is 0 Å². The van der Waals surface area contributed by atoms with Gasteiger partial charge < -0.3 is 5.11 Å². The van der Waals surface area contributed by atoms with Crippen LogP contribution in [0.4, 0.5) is 0 Å². The molecular formula is C12H9NO2. The van der Waals surface area contributed by atoms with Gasteiger partial charge in [-0.15, -0.1) is 0 Å². The quantitative estimate of drug-likeness (QED) is 0.729. The highest BCUT2D eigenvalue weighted by Crippen LogP contribution is 2.18. The Balaban J connectivity index is 2.71. The number of benzene rings is 2.